The number of rotatable bonds is 5. The van der Waals surface area contributed by atoms with Crippen molar-refractivity contribution in [3.8, 4) is 22.9 Å². The van der Waals surface area contributed by atoms with Crippen molar-refractivity contribution >= 4 is 10.8 Å². The minimum atomic E-state index is -0.180. The van der Waals surface area contributed by atoms with E-state index in [4.69, 9.17) is 4.74 Å². The fourth-order valence-electron chi connectivity index (χ4n) is 3.40. The number of nitriles is 1. The monoisotopic (exact) mass is 375 g/mol. The van der Waals surface area contributed by atoms with Gasteiger partial charge in [0.05, 0.1) is 12.5 Å². The predicted octanol–water partition coefficient (Wildman–Crippen LogP) is 3.94. The van der Waals surface area contributed by atoms with Gasteiger partial charge in [-0.25, -0.2) is 0 Å². The molecule has 0 bridgehead atoms. The van der Waals surface area contributed by atoms with E-state index in [2.05, 4.69) is 32.2 Å². The summed E-state index contributed by atoms with van der Waals surface area (Å²) >= 11 is 0. The Hall–Kier alpha value is -3.10. The van der Waals surface area contributed by atoms with Crippen molar-refractivity contribution < 1.29 is 4.74 Å². The highest BCUT2D eigenvalue weighted by molar-refractivity contribution is 6.02. The highest BCUT2D eigenvalue weighted by Gasteiger charge is 2.21. The van der Waals surface area contributed by atoms with Gasteiger partial charge in [0.25, 0.3) is 5.56 Å². The second-order valence-corrected chi connectivity index (χ2v) is 7.72. The Morgan fingerprint density at radius 2 is 1.82 bits per heavy atom. The molecule has 0 fully saturated rings. The normalized spacial score (nSPS) is 11.4. The smallest absolute Gasteiger partial charge is 0.259 e. The number of hydrogen-bond donors (Lipinski definition) is 1. The van der Waals surface area contributed by atoms with Gasteiger partial charge in [-0.15, -0.1) is 0 Å². The molecule has 3 rings (SSSR count). The van der Waals surface area contributed by atoms with Crippen molar-refractivity contribution in [2.45, 2.75) is 32.9 Å². The van der Waals surface area contributed by atoms with E-state index in [9.17, 15) is 10.1 Å². The Labute approximate surface area is 165 Å². The van der Waals surface area contributed by atoms with E-state index in [1.807, 2.05) is 36.4 Å². The highest BCUT2D eigenvalue weighted by atomic mass is 16.5. The third kappa shape index (κ3) is 3.78. The summed E-state index contributed by atoms with van der Waals surface area (Å²) in [6.45, 7) is 7.21. The molecule has 0 unspecified atom stereocenters. The third-order valence-corrected chi connectivity index (χ3v) is 4.64. The molecule has 2 aromatic carbocycles. The predicted molar refractivity (Wildman–Crippen MR) is 113 cm³/mol. The Morgan fingerprint density at radius 1 is 1.11 bits per heavy atom. The molecule has 28 heavy (non-hydrogen) atoms. The SMILES string of the molecule is COc1cccc2c(=O)n(CCNC(C)(C)C)c(C#N)c(-c3ccccc3)c12. The minimum Gasteiger partial charge on any atom is -0.496 e. The van der Waals surface area contributed by atoms with Crippen molar-refractivity contribution in [2.24, 2.45) is 0 Å². The summed E-state index contributed by atoms with van der Waals surface area (Å²) in [5, 5.41) is 14.6. The van der Waals surface area contributed by atoms with Crippen LogP contribution in [-0.4, -0.2) is 23.8 Å². The van der Waals surface area contributed by atoms with Gasteiger partial charge in [0, 0.05) is 29.6 Å². The van der Waals surface area contributed by atoms with E-state index in [0.29, 0.717) is 35.3 Å². The molecule has 0 saturated carbocycles. The second-order valence-electron chi connectivity index (χ2n) is 7.72. The number of nitrogens with one attached hydrogen (secondary N) is 1. The van der Waals surface area contributed by atoms with Gasteiger partial charge in [0.2, 0.25) is 0 Å². The van der Waals surface area contributed by atoms with E-state index in [1.165, 1.54) is 0 Å². The van der Waals surface area contributed by atoms with Gasteiger partial charge in [-0.2, -0.15) is 5.26 Å². The standard InChI is InChI=1S/C23H25N3O2/c1-23(2,3)25-13-14-26-18(15-24)20(16-9-6-5-7-10-16)21-17(22(26)27)11-8-12-19(21)28-4/h5-12,25H,13-14H2,1-4H3. The zero-order valence-corrected chi connectivity index (χ0v) is 16.7. The lowest BCUT2D eigenvalue weighted by atomic mass is 9.96. The van der Waals surface area contributed by atoms with Gasteiger partial charge >= 0.3 is 0 Å². The van der Waals surface area contributed by atoms with E-state index >= 15 is 0 Å². The number of ether oxygens (including phenoxy) is 1. The van der Waals surface area contributed by atoms with E-state index in [1.54, 1.807) is 23.8 Å². The fourth-order valence-corrected chi connectivity index (χ4v) is 3.40. The van der Waals surface area contributed by atoms with Gasteiger partial charge in [-0.05, 0) is 38.5 Å². The fraction of sp³-hybridized carbons (Fsp3) is 0.304. The number of fused-ring (bicyclic) bond motifs is 1. The van der Waals surface area contributed by atoms with Crippen LogP contribution < -0.4 is 15.6 Å². The molecule has 0 spiro atoms. The Morgan fingerprint density at radius 3 is 2.43 bits per heavy atom. The summed E-state index contributed by atoms with van der Waals surface area (Å²) in [7, 11) is 1.58. The molecule has 1 aromatic heterocycles. The third-order valence-electron chi connectivity index (χ3n) is 4.64. The summed E-state index contributed by atoms with van der Waals surface area (Å²) in [6.07, 6.45) is 0. The lowest BCUT2D eigenvalue weighted by Crippen LogP contribution is -2.39. The molecule has 0 atom stereocenters. The van der Waals surface area contributed by atoms with Gasteiger partial charge in [0.15, 0.2) is 0 Å². The summed E-state index contributed by atoms with van der Waals surface area (Å²) < 4.78 is 7.11. The lowest BCUT2D eigenvalue weighted by Gasteiger charge is -2.22. The van der Waals surface area contributed by atoms with Crippen LogP contribution in [0.25, 0.3) is 21.9 Å². The average Bonchev–Trinajstić information content (AvgIpc) is 2.68. The van der Waals surface area contributed by atoms with Crippen molar-refractivity contribution in [1.29, 1.82) is 5.26 Å². The Bertz CT molecular complexity index is 1090. The maximum atomic E-state index is 13.2. The number of benzene rings is 2. The highest BCUT2D eigenvalue weighted by Crippen LogP contribution is 2.36. The van der Waals surface area contributed by atoms with Crippen molar-refractivity contribution in [1.82, 2.24) is 9.88 Å². The number of nitrogens with zero attached hydrogens (tertiary/aromatic N) is 2. The molecule has 3 aromatic rings. The van der Waals surface area contributed by atoms with Gasteiger partial charge in [-0.3, -0.25) is 9.36 Å². The molecule has 5 nitrogen and oxygen atoms in total. The lowest BCUT2D eigenvalue weighted by molar-refractivity contribution is 0.410. The van der Waals surface area contributed by atoms with Gasteiger partial charge in [0.1, 0.15) is 17.5 Å². The van der Waals surface area contributed by atoms with Crippen molar-refractivity contribution in [3.63, 3.8) is 0 Å². The van der Waals surface area contributed by atoms with Crippen LogP contribution in [0.1, 0.15) is 26.5 Å². The van der Waals surface area contributed by atoms with Crippen LogP contribution in [0, 0.1) is 11.3 Å². The molecule has 0 radical (unpaired) electrons. The first-order chi connectivity index (χ1) is 13.4. The maximum Gasteiger partial charge on any atom is 0.259 e. The summed E-state index contributed by atoms with van der Waals surface area (Å²) in [5.74, 6) is 0.588. The van der Waals surface area contributed by atoms with Crippen LogP contribution in [0.3, 0.4) is 0 Å². The quantitative estimate of drug-likeness (QED) is 0.734. The molecule has 1 N–H and O–H groups in total. The summed E-state index contributed by atoms with van der Waals surface area (Å²) in [5.41, 5.74) is 1.71. The number of aromatic nitrogens is 1. The maximum absolute atomic E-state index is 13.2. The van der Waals surface area contributed by atoms with Crippen molar-refractivity contribution in [3.05, 3.63) is 64.6 Å². The Balaban J connectivity index is 2.32. The van der Waals surface area contributed by atoms with Crippen LogP contribution in [-0.2, 0) is 6.54 Å². The largest absolute Gasteiger partial charge is 0.496 e. The molecule has 1 heterocycles. The van der Waals surface area contributed by atoms with E-state index < -0.39 is 0 Å². The summed E-state index contributed by atoms with van der Waals surface area (Å²) in [4.78, 5) is 13.2. The molecular formula is C23H25N3O2. The van der Waals surface area contributed by atoms with Crippen LogP contribution in [0.4, 0.5) is 0 Å². The topological polar surface area (TPSA) is 67.0 Å². The van der Waals surface area contributed by atoms with E-state index in [-0.39, 0.29) is 11.1 Å². The zero-order chi connectivity index (χ0) is 20.3. The average molecular weight is 375 g/mol. The van der Waals surface area contributed by atoms with Crippen LogP contribution >= 0.6 is 0 Å². The number of hydrogen-bond acceptors (Lipinski definition) is 4. The summed E-state index contributed by atoms with van der Waals surface area (Å²) in [6, 6.07) is 17.4. The minimum absolute atomic E-state index is 0.0707. The zero-order valence-electron chi connectivity index (χ0n) is 16.7. The first-order valence-corrected chi connectivity index (χ1v) is 9.31. The molecule has 0 aliphatic carbocycles. The first kappa shape index (κ1) is 19.7. The number of methoxy groups -OCH3 is 1. The Kier molecular flexibility index (Phi) is 5.53. The molecular weight excluding hydrogens is 350 g/mol. The van der Waals surface area contributed by atoms with Crippen LogP contribution in [0.2, 0.25) is 0 Å². The van der Waals surface area contributed by atoms with E-state index in [0.717, 1.165) is 11.1 Å². The van der Waals surface area contributed by atoms with Gasteiger partial charge < -0.3 is 10.1 Å². The molecule has 0 saturated heterocycles. The van der Waals surface area contributed by atoms with Crippen LogP contribution in [0.15, 0.2) is 53.3 Å². The molecule has 5 heteroatoms. The van der Waals surface area contributed by atoms with Gasteiger partial charge in [-0.1, -0.05) is 36.4 Å². The number of pyridine rings is 1. The molecule has 0 amide bonds. The molecule has 0 aliphatic heterocycles. The first-order valence-electron chi connectivity index (χ1n) is 9.31. The molecule has 0 aliphatic rings. The van der Waals surface area contributed by atoms with Crippen molar-refractivity contribution in [2.75, 3.05) is 13.7 Å². The second kappa shape index (κ2) is 7.87. The van der Waals surface area contributed by atoms with Crippen LogP contribution in [0.5, 0.6) is 5.75 Å². The molecule has 144 valence electrons.